The van der Waals surface area contributed by atoms with E-state index < -0.39 is 0 Å². The highest BCUT2D eigenvalue weighted by Gasteiger charge is 1.98. The van der Waals surface area contributed by atoms with Crippen molar-refractivity contribution in [2.45, 2.75) is 0 Å². The van der Waals surface area contributed by atoms with Crippen molar-refractivity contribution in [2.24, 2.45) is 0 Å². The summed E-state index contributed by atoms with van der Waals surface area (Å²) in [7, 11) is 0. The van der Waals surface area contributed by atoms with Crippen molar-refractivity contribution >= 4 is 23.3 Å². The minimum Gasteiger partial charge on any atom is -0.192 e. The Balaban J connectivity index is 2.19. The van der Waals surface area contributed by atoms with Gasteiger partial charge in [-0.1, -0.05) is 66.2 Å². The minimum absolute atomic E-state index is 0.615. The summed E-state index contributed by atoms with van der Waals surface area (Å²) in [4.78, 5) is 0. The molecule has 0 unspecified atom stereocenters. The molecule has 0 atom stereocenters. The Morgan fingerprint density at radius 1 is 1.00 bits per heavy atom. The molecule has 2 heteroatoms. The van der Waals surface area contributed by atoms with Gasteiger partial charge in [-0.3, -0.25) is 0 Å². The van der Waals surface area contributed by atoms with E-state index in [9.17, 15) is 0 Å². The van der Waals surface area contributed by atoms with Gasteiger partial charge in [0, 0.05) is 5.02 Å². The van der Waals surface area contributed by atoms with E-state index in [4.69, 9.17) is 16.9 Å². The molecular weight excluding hydrogens is 254 g/mol. The van der Waals surface area contributed by atoms with E-state index in [0.717, 1.165) is 11.1 Å². The molecule has 0 aliphatic heterocycles. The summed E-state index contributed by atoms with van der Waals surface area (Å²) in [6.07, 6.45) is 5.64. The molecule has 0 aliphatic carbocycles. The van der Waals surface area contributed by atoms with Gasteiger partial charge >= 0.3 is 0 Å². The minimum atomic E-state index is 0.615. The average molecular weight is 266 g/mol. The fourth-order valence-electron chi connectivity index (χ4n) is 1.65. The van der Waals surface area contributed by atoms with E-state index >= 15 is 0 Å². The lowest BCUT2D eigenvalue weighted by molar-refractivity contribution is 1.52. The van der Waals surface area contributed by atoms with Crippen LogP contribution in [0.5, 0.6) is 0 Å². The third-order valence-electron chi connectivity index (χ3n) is 2.63. The van der Waals surface area contributed by atoms with Crippen LogP contribution in [0.4, 0.5) is 0 Å². The number of nitrogens with zero attached hydrogens (tertiary/aromatic N) is 1. The Hall–Kier alpha value is -2.30. The maximum Gasteiger partial charge on any atom is 0.0997 e. The van der Waals surface area contributed by atoms with Crippen molar-refractivity contribution in [2.75, 3.05) is 0 Å². The second kappa shape index (κ2) is 6.58. The first-order valence-corrected chi connectivity index (χ1v) is 6.27. The SMILES string of the molecule is N#CC(=CC=Cc1ccccc1)c1ccc(Cl)cc1. The summed E-state index contributed by atoms with van der Waals surface area (Å²) < 4.78 is 0. The fourth-order valence-corrected chi connectivity index (χ4v) is 1.77. The summed E-state index contributed by atoms with van der Waals surface area (Å²) in [5, 5.41) is 9.83. The molecule has 0 saturated heterocycles. The van der Waals surface area contributed by atoms with Gasteiger partial charge in [-0.05, 0) is 29.3 Å². The van der Waals surface area contributed by atoms with Gasteiger partial charge < -0.3 is 0 Å². The van der Waals surface area contributed by atoms with Crippen LogP contribution < -0.4 is 0 Å². The number of halogens is 1. The topological polar surface area (TPSA) is 23.8 Å². The highest BCUT2D eigenvalue weighted by molar-refractivity contribution is 6.30. The van der Waals surface area contributed by atoms with Crippen LogP contribution >= 0.6 is 11.6 Å². The Morgan fingerprint density at radius 3 is 2.32 bits per heavy atom. The van der Waals surface area contributed by atoms with Crippen molar-refractivity contribution in [3.8, 4) is 6.07 Å². The van der Waals surface area contributed by atoms with Gasteiger partial charge in [-0.25, -0.2) is 0 Å². The average Bonchev–Trinajstić information content (AvgIpc) is 2.46. The molecule has 0 bridgehead atoms. The zero-order valence-electron chi connectivity index (χ0n) is 10.3. The Bertz CT molecular complexity index is 631. The van der Waals surface area contributed by atoms with E-state index in [0.29, 0.717) is 10.6 Å². The number of benzene rings is 2. The molecule has 0 radical (unpaired) electrons. The van der Waals surface area contributed by atoms with Crippen LogP contribution in [-0.4, -0.2) is 0 Å². The maximum atomic E-state index is 9.16. The van der Waals surface area contributed by atoms with E-state index in [1.165, 1.54) is 0 Å². The molecule has 2 aromatic rings. The first-order valence-electron chi connectivity index (χ1n) is 5.89. The summed E-state index contributed by atoms with van der Waals surface area (Å²) in [6, 6.07) is 19.4. The standard InChI is InChI=1S/C17H12ClN/c18-17-11-9-15(10-12-17)16(13-19)8-4-7-14-5-2-1-3-6-14/h1-12H. The molecule has 0 aliphatic rings. The first kappa shape index (κ1) is 13.1. The van der Waals surface area contributed by atoms with Crippen LogP contribution in [0.1, 0.15) is 11.1 Å². The predicted octanol–water partition coefficient (Wildman–Crippen LogP) is 4.96. The molecule has 2 rings (SSSR count). The van der Waals surface area contributed by atoms with Gasteiger partial charge in [0.2, 0.25) is 0 Å². The van der Waals surface area contributed by atoms with Gasteiger partial charge in [-0.2, -0.15) is 5.26 Å². The number of hydrogen-bond acceptors (Lipinski definition) is 1. The molecule has 0 heterocycles. The van der Waals surface area contributed by atoms with Crippen LogP contribution in [0.3, 0.4) is 0 Å². The monoisotopic (exact) mass is 265 g/mol. The maximum absolute atomic E-state index is 9.16. The number of rotatable bonds is 3. The Labute approximate surface area is 118 Å². The van der Waals surface area contributed by atoms with Crippen molar-refractivity contribution < 1.29 is 0 Å². The Kier molecular flexibility index (Phi) is 4.55. The second-order valence-corrected chi connectivity index (χ2v) is 4.41. The number of nitriles is 1. The highest BCUT2D eigenvalue weighted by Crippen LogP contribution is 2.17. The predicted molar refractivity (Wildman–Crippen MR) is 80.5 cm³/mol. The summed E-state index contributed by atoms with van der Waals surface area (Å²) in [5.74, 6) is 0. The summed E-state index contributed by atoms with van der Waals surface area (Å²) in [5.41, 5.74) is 2.58. The highest BCUT2D eigenvalue weighted by atomic mass is 35.5. The smallest absolute Gasteiger partial charge is 0.0997 e. The number of hydrogen-bond donors (Lipinski definition) is 0. The lowest BCUT2D eigenvalue weighted by Crippen LogP contribution is -1.79. The molecular formula is C17H12ClN. The van der Waals surface area contributed by atoms with Crippen LogP contribution in [-0.2, 0) is 0 Å². The third-order valence-corrected chi connectivity index (χ3v) is 2.88. The van der Waals surface area contributed by atoms with Crippen LogP contribution in [0, 0.1) is 11.3 Å². The van der Waals surface area contributed by atoms with Crippen molar-refractivity contribution in [3.05, 3.63) is 82.9 Å². The molecule has 0 saturated carbocycles. The van der Waals surface area contributed by atoms with Crippen LogP contribution in [0.2, 0.25) is 5.02 Å². The fraction of sp³-hybridized carbons (Fsp3) is 0. The van der Waals surface area contributed by atoms with Crippen LogP contribution in [0.15, 0.2) is 66.7 Å². The quantitative estimate of drug-likeness (QED) is 0.568. The first-order chi connectivity index (χ1) is 9.29. The van der Waals surface area contributed by atoms with Crippen molar-refractivity contribution in [1.29, 1.82) is 5.26 Å². The largest absolute Gasteiger partial charge is 0.192 e. The third kappa shape index (κ3) is 3.84. The molecule has 0 N–H and O–H groups in total. The number of allylic oxidation sites excluding steroid dienone is 3. The van der Waals surface area contributed by atoms with Gasteiger partial charge in [0.05, 0.1) is 11.6 Å². The lowest BCUT2D eigenvalue weighted by atomic mass is 10.1. The van der Waals surface area contributed by atoms with Gasteiger partial charge in [-0.15, -0.1) is 0 Å². The van der Waals surface area contributed by atoms with Crippen molar-refractivity contribution in [3.63, 3.8) is 0 Å². The molecule has 0 amide bonds. The van der Waals surface area contributed by atoms with E-state index in [1.807, 2.05) is 54.6 Å². The lowest BCUT2D eigenvalue weighted by Gasteiger charge is -1.97. The summed E-state index contributed by atoms with van der Waals surface area (Å²) >= 11 is 5.83. The summed E-state index contributed by atoms with van der Waals surface area (Å²) in [6.45, 7) is 0. The Morgan fingerprint density at radius 2 is 1.68 bits per heavy atom. The van der Waals surface area contributed by atoms with Gasteiger partial charge in [0.25, 0.3) is 0 Å². The van der Waals surface area contributed by atoms with Gasteiger partial charge in [0.15, 0.2) is 0 Å². The normalized spacial score (nSPS) is 11.5. The molecule has 92 valence electrons. The van der Waals surface area contributed by atoms with E-state index in [-0.39, 0.29) is 0 Å². The van der Waals surface area contributed by atoms with E-state index in [1.54, 1.807) is 18.2 Å². The molecule has 2 aromatic carbocycles. The van der Waals surface area contributed by atoms with Crippen LogP contribution in [0.25, 0.3) is 11.6 Å². The molecule has 0 aromatic heterocycles. The molecule has 19 heavy (non-hydrogen) atoms. The zero-order valence-corrected chi connectivity index (χ0v) is 11.0. The second-order valence-electron chi connectivity index (χ2n) is 3.97. The molecule has 1 nitrogen and oxygen atoms in total. The zero-order chi connectivity index (χ0) is 13.5. The molecule has 0 spiro atoms. The molecule has 0 fully saturated rings. The van der Waals surface area contributed by atoms with Gasteiger partial charge in [0.1, 0.15) is 0 Å². The van der Waals surface area contributed by atoms with E-state index in [2.05, 4.69) is 6.07 Å². The van der Waals surface area contributed by atoms with Crippen molar-refractivity contribution in [1.82, 2.24) is 0 Å².